The SMILES string of the molecule is CC(C)(C)OC(=O)C[C@H]1C=CN(C(=O)c2ccccc2)[C@@H]1C(=O)OC(C)(C)C. The summed E-state index contributed by atoms with van der Waals surface area (Å²) in [4.78, 5) is 39.5. The van der Waals surface area contributed by atoms with E-state index in [4.69, 9.17) is 9.47 Å². The molecule has 0 aliphatic carbocycles. The van der Waals surface area contributed by atoms with E-state index in [0.29, 0.717) is 5.56 Å². The number of benzene rings is 1. The summed E-state index contributed by atoms with van der Waals surface area (Å²) in [5.74, 6) is -1.81. The van der Waals surface area contributed by atoms with Gasteiger partial charge in [0.25, 0.3) is 5.91 Å². The molecule has 2 atom stereocenters. The Morgan fingerprint density at radius 1 is 0.929 bits per heavy atom. The zero-order chi connectivity index (χ0) is 21.1. The smallest absolute Gasteiger partial charge is 0.330 e. The summed E-state index contributed by atoms with van der Waals surface area (Å²) in [5.41, 5.74) is -0.878. The Kier molecular flexibility index (Phi) is 6.32. The number of carbonyl (C=O) groups excluding carboxylic acids is 3. The van der Waals surface area contributed by atoms with Crippen molar-refractivity contribution in [2.45, 2.75) is 65.2 Å². The second kappa shape index (κ2) is 8.17. The van der Waals surface area contributed by atoms with Gasteiger partial charge in [-0.1, -0.05) is 24.3 Å². The lowest BCUT2D eigenvalue weighted by atomic mass is 9.97. The lowest BCUT2D eigenvalue weighted by molar-refractivity contribution is -0.162. The van der Waals surface area contributed by atoms with Crippen LogP contribution < -0.4 is 0 Å². The van der Waals surface area contributed by atoms with Crippen molar-refractivity contribution in [3.63, 3.8) is 0 Å². The molecule has 6 heteroatoms. The molecule has 0 spiro atoms. The number of carbonyl (C=O) groups is 3. The molecule has 0 N–H and O–H groups in total. The fourth-order valence-corrected chi connectivity index (χ4v) is 2.94. The molecule has 6 nitrogen and oxygen atoms in total. The van der Waals surface area contributed by atoms with Crippen LogP contribution in [-0.4, -0.2) is 40.0 Å². The van der Waals surface area contributed by atoms with E-state index in [1.165, 1.54) is 4.90 Å². The van der Waals surface area contributed by atoms with Crippen LogP contribution in [0.3, 0.4) is 0 Å². The van der Waals surface area contributed by atoms with E-state index in [1.54, 1.807) is 78.1 Å². The van der Waals surface area contributed by atoms with Crippen molar-refractivity contribution in [1.29, 1.82) is 0 Å². The van der Waals surface area contributed by atoms with Crippen LogP contribution in [0.5, 0.6) is 0 Å². The van der Waals surface area contributed by atoms with Gasteiger partial charge >= 0.3 is 11.9 Å². The topological polar surface area (TPSA) is 72.9 Å². The largest absolute Gasteiger partial charge is 0.460 e. The number of amides is 1. The van der Waals surface area contributed by atoms with E-state index in [1.807, 2.05) is 6.07 Å². The molecule has 0 aromatic heterocycles. The van der Waals surface area contributed by atoms with Crippen molar-refractivity contribution >= 4 is 17.8 Å². The van der Waals surface area contributed by atoms with Gasteiger partial charge in [-0.2, -0.15) is 0 Å². The first-order chi connectivity index (χ1) is 12.9. The van der Waals surface area contributed by atoms with Crippen LogP contribution in [0.25, 0.3) is 0 Å². The van der Waals surface area contributed by atoms with Crippen molar-refractivity contribution < 1.29 is 23.9 Å². The highest BCUT2D eigenvalue weighted by Crippen LogP contribution is 2.29. The standard InChI is InChI=1S/C22H29NO5/c1-21(2,3)27-17(24)14-16-12-13-23(18(16)20(26)28-22(4,5)6)19(25)15-10-8-7-9-11-15/h7-13,16,18H,14H2,1-6H3/t16-,18+/m1/s1. The molecule has 1 aromatic rings. The molecule has 2 rings (SSSR count). The summed E-state index contributed by atoms with van der Waals surface area (Å²) >= 11 is 0. The van der Waals surface area contributed by atoms with Gasteiger partial charge in [-0.25, -0.2) is 4.79 Å². The van der Waals surface area contributed by atoms with E-state index < -0.39 is 35.1 Å². The van der Waals surface area contributed by atoms with Gasteiger partial charge in [0.15, 0.2) is 0 Å². The molecule has 1 aliphatic heterocycles. The van der Waals surface area contributed by atoms with Gasteiger partial charge in [0, 0.05) is 17.7 Å². The maximum atomic E-state index is 12.9. The highest BCUT2D eigenvalue weighted by molar-refractivity contribution is 5.98. The van der Waals surface area contributed by atoms with E-state index >= 15 is 0 Å². The minimum atomic E-state index is -0.917. The van der Waals surface area contributed by atoms with Gasteiger partial charge in [-0.15, -0.1) is 0 Å². The molecule has 0 fully saturated rings. The maximum absolute atomic E-state index is 12.9. The molecule has 0 saturated heterocycles. The maximum Gasteiger partial charge on any atom is 0.330 e. The van der Waals surface area contributed by atoms with E-state index in [-0.39, 0.29) is 12.3 Å². The molecule has 28 heavy (non-hydrogen) atoms. The molecule has 0 radical (unpaired) electrons. The third-order valence-corrected chi connectivity index (χ3v) is 3.93. The Morgan fingerprint density at radius 3 is 2.04 bits per heavy atom. The van der Waals surface area contributed by atoms with Gasteiger partial charge in [-0.3, -0.25) is 9.59 Å². The normalized spacial score (nSPS) is 19.4. The summed E-state index contributed by atoms with van der Waals surface area (Å²) < 4.78 is 10.9. The number of esters is 2. The highest BCUT2D eigenvalue weighted by atomic mass is 16.6. The Bertz CT molecular complexity index is 755. The Balaban J connectivity index is 2.25. The molecule has 1 aliphatic rings. The Labute approximate surface area is 166 Å². The zero-order valence-electron chi connectivity index (χ0n) is 17.4. The molecular weight excluding hydrogens is 358 g/mol. The molecule has 0 unspecified atom stereocenters. The molecule has 1 heterocycles. The van der Waals surface area contributed by atoms with E-state index in [2.05, 4.69) is 0 Å². The van der Waals surface area contributed by atoms with Gasteiger partial charge in [0.1, 0.15) is 17.2 Å². The molecule has 1 aromatic carbocycles. The Morgan fingerprint density at radius 2 is 1.50 bits per heavy atom. The third kappa shape index (κ3) is 5.94. The lowest BCUT2D eigenvalue weighted by Crippen LogP contribution is -2.46. The minimum Gasteiger partial charge on any atom is -0.460 e. The first-order valence-electron chi connectivity index (χ1n) is 9.38. The molecule has 1 amide bonds. The van der Waals surface area contributed by atoms with Crippen molar-refractivity contribution in [3.05, 3.63) is 48.2 Å². The number of ether oxygens (including phenoxy) is 2. The second-order valence-electron chi connectivity index (χ2n) is 8.85. The lowest BCUT2D eigenvalue weighted by Gasteiger charge is -2.30. The van der Waals surface area contributed by atoms with Gasteiger partial charge in [0.05, 0.1) is 6.42 Å². The van der Waals surface area contributed by atoms with Gasteiger partial charge in [0.2, 0.25) is 0 Å². The average molecular weight is 387 g/mol. The third-order valence-electron chi connectivity index (χ3n) is 3.93. The van der Waals surface area contributed by atoms with E-state index in [0.717, 1.165) is 0 Å². The molecule has 0 bridgehead atoms. The van der Waals surface area contributed by atoms with Crippen molar-refractivity contribution in [2.75, 3.05) is 0 Å². The summed E-state index contributed by atoms with van der Waals surface area (Å²) in [6, 6.07) is 7.78. The van der Waals surface area contributed by atoms with Crippen LogP contribution in [0.1, 0.15) is 58.3 Å². The number of hydrogen-bond acceptors (Lipinski definition) is 5. The quantitative estimate of drug-likeness (QED) is 0.737. The number of nitrogens with zero attached hydrogens (tertiary/aromatic N) is 1. The van der Waals surface area contributed by atoms with Gasteiger partial charge < -0.3 is 14.4 Å². The van der Waals surface area contributed by atoms with Crippen LogP contribution in [0.4, 0.5) is 0 Å². The van der Waals surface area contributed by atoms with E-state index in [9.17, 15) is 14.4 Å². The van der Waals surface area contributed by atoms with Crippen LogP contribution in [-0.2, 0) is 19.1 Å². The van der Waals surface area contributed by atoms with Crippen LogP contribution in [0, 0.1) is 5.92 Å². The minimum absolute atomic E-state index is 0.0176. The first-order valence-corrected chi connectivity index (χ1v) is 9.38. The first kappa shape index (κ1) is 21.7. The second-order valence-corrected chi connectivity index (χ2v) is 8.85. The fraction of sp³-hybridized carbons (Fsp3) is 0.500. The van der Waals surface area contributed by atoms with Crippen molar-refractivity contribution in [3.8, 4) is 0 Å². The van der Waals surface area contributed by atoms with Crippen molar-refractivity contribution in [2.24, 2.45) is 5.92 Å². The number of rotatable bonds is 4. The summed E-state index contributed by atoms with van der Waals surface area (Å²) in [6.07, 6.45) is 3.23. The summed E-state index contributed by atoms with van der Waals surface area (Å²) in [6.45, 7) is 10.6. The number of hydrogen-bond donors (Lipinski definition) is 0. The van der Waals surface area contributed by atoms with Crippen LogP contribution in [0.15, 0.2) is 42.6 Å². The van der Waals surface area contributed by atoms with Crippen LogP contribution >= 0.6 is 0 Å². The van der Waals surface area contributed by atoms with Crippen LogP contribution in [0.2, 0.25) is 0 Å². The predicted molar refractivity (Wildman–Crippen MR) is 105 cm³/mol. The predicted octanol–water partition coefficient (Wildman–Crippen LogP) is 3.71. The summed E-state index contributed by atoms with van der Waals surface area (Å²) in [5, 5.41) is 0. The Hall–Kier alpha value is -2.63. The average Bonchev–Trinajstić information content (AvgIpc) is 2.95. The van der Waals surface area contributed by atoms with Crippen molar-refractivity contribution in [1.82, 2.24) is 4.90 Å². The summed E-state index contributed by atoms with van der Waals surface area (Å²) in [7, 11) is 0. The monoisotopic (exact) mass is 387 g/mol. The molecule has 0 saturated carbocycles. The van der Waals surface area contributed by atoms with Gasteiger partial charge in [-0.05, 0) is 53.7 Å². The molecular formula is C22H29NO5. The molecule has 152 valence electrons. The zero-order valence-corrected chi connectivity index (χ0v) is 17.4. The highest BCUT2D eigenvalue weighted by Gasteiger charge is 2.42. The fourth-order valence-electron chi connectivity index (χ4n) is 2.94.